The number of fused-ring (bicyclic) bond motifs is 1. The number of aromatic nitrogens is 3. The van der Waals surface area contributed by atoms with E-state index in [0.717, 1.165) is 6.07 Å². The number of carbonyl (C=O) groups is 2. The molecule has 168 valence electrons. The summed E-state index contributed by atoms with van der Waals surface area (Å²) in [7, 11) is 1.71. The highest BCUT2D eigenvalue weighted by Crippen LogP contribution is 2.17. The first-order valence-corrected chi connectivity index (χ1v) is 10.3. The minimum absolute atomic E-state index is 0.0522. The lowest BCUT2D eigenvalue weighted by Gasteiger charge is -2.14. The van der Waals surface area contributed by atoms with E-state index in [1.54, 1.807) is 55.1 Å². The molecule has 2 aromatic heterocycles. The Balaban J connectivity index is 1.57. The number of anilines is 1. The van der Waals surface area contributed by atoms with Gasteiger partial charge in [0.05, 0.1) is 16.9 Å². The zero-order valence-electron chi connectivity index (χ0n) is 18.3. The standard InChI is InChI=1S/C24H22N4O5/c1-14-21(23(31)28(27(14)3)16-9-5-4-6-10-16)26-22(30)15(2)33-24(32)18-13-20(29)25-19-12-8-7-11-17(18)19/h4-13,15H,1-3H3,(H,25,29)(H,26,30). The Morgan fingerprint density at radius 2 is 1.70 bits per heavy atom. The van der Waals surface area contributed by atoms with Gasteiger partial charge in [-0.2, -0.15) is 0 Å². The molecule has 1 unspecified atom stereocenters. The maximum Gasteiger partial charge on any atom is 0.339 e. The highest BCUT2D eigenvalue weighted by Gasteiger charge is 2.24. The quantitative estimate of drug-likeness (QED) is 0.457. The second kappa shape index (κ2) is 8.62. The van der Waals surface area contributed by atoms with Crippen molar-refractivity contribution in [2.75, 3.05) is 5.32 Å². The van der Waals surface area contributed by atoms with Gasteiger partial charge in [-0.15, -0.1) is 0 Å². The summed E-state index contributed by atoms with van der Waals surface area (Å²) in [5.41, 5.74) is 0.945. The number of benzene rings is 2. The Kier molecular flexibility index (Phi) is 5.70. The van der Waals surface area contributed by atoms with Crippen molar-refractivity contribution in [3.05, 3.63) is 92.6 Å². The normalized spacial score (nSPS) is 11.8. The van der Waals surface area contributed by atoms with E-state index in [-0.39, 0.29) is 11.3 Å². The van der Waals surface area contributed by atoms with Crippen molar-refractivity contribution in [3.63, 3.8) is 0 Å². The van der Waals surface area contributed by atoms with Gasteiger partial charge in [-0.05, 0) is 32.0 Å². The minimum atomic E-state index is -1.21. The minimum Gasteiger partial charge on any atom is -0.449 e. The van der Waals surface area contributed by atoms with Crippen LogP contribution >= 0.6 is 0 Å². The summed E-state index contributed by atoms with van der Waals surface area (Å²) in [5, 5.41) is 3.08. The number of H-pyrrole nitrogens is 1. The second-order valence-corrected chi connectivity index (χ2v) is 7.57. The predicted octanol–water partition coefficient (Wildman–Crippen LogP) is 2.51. The highest BCUT2D eigenvalue weighted by molar-refractivity contribution is 6.04. The van der Waals surface area contributed by atoms with E-state index < -0.39 is 29.1 Å². The third-order valence-electron chi connectivity index (χ3n) is 5.43. The van der Waals surface area contributed by atoms with Crippen molar-refractivity contribution in [2.45, 2.75) is 20.0 Å². The molecule has 33 heavy (non-hydrogen) atoms. The lowest BCUT2D eigenvalue weighted by atomic mass is 10.1. The van der Waals surface area contributed by atoms with Crippen LogP contribution in [0.5, 0.6) is 0 Å². The number of para-hydroxylation sites is 2. The van der Waals surface area contributed by atoms with Gasteiger partial charge in [0.1, 0.15) is 5.69 Å². The molecule has 9 nitrogen and oxygen atoms in total. The maximum absolute atomic E-state index is 13.0. The molecule has 4 rings (SSSR count). The Morgan fingerprint density at radius 3 is 2.42 bits per heavy atom. The monoisotopic (exact) mass is 446 g/mol. The molecule has 0 spiro atoms. The largest absolute Gasteiger partial charge is 0.449 e. The van der Waals surface area contributed by atoms with Gasteiger partial charge in [-0.3, -0.25) is 19.1 Å². The Labute approximate surface area is 188 Å². The molecular weight excluding hydrogens is 424 g/mol. The molecule has 1 atom stereocenters. The number of pyridine rings is 1. The molecule has 0 aliphatic rings. The fraction of sp³-hybridized carbons (Fsp3) is 0.167. The third-order valence-corrected chi connectivity index (χ3v) is 5.43. The molecule has 2 heterocycles. The maximum atomic E-state index is 13.0. The van der Waals surface area contributed by atoms with Gasteiger partial charge in [0, 0.05) is 24.0 Å². The molecule has 0 fully saturated rings. The van der Waals surface area contributed by atoms with Gasteiger partial charge in [-0.1, -0.05) is 36.4 Å². The number of carbonyl (C=O) groups excluding carboxylic acids is 2. The molecule has 2 aromatic carbocycles. The van der Waals surface area contributed by atoms with E-state index >= 15 is 0 Å². The van der Waals surface area contributed by atoms with Crippen molar-refractivity contribution in [1.82, 2.24) is 14.3 Å². The lowest BCUT2D eigenvalue weighted by molar-refractivity contribution is -0.123. The first-order valence-electron chi connectivity index (χ1n) is 10.3. The van der Waals surface area contributed by atoms with Crippen LogP contribution < -0.4 is 16.4 Å². The smallest absolute Gasteiger partial charge is 0.339 e. The van der Waals surface area contributed by atoms with Crippen LogP contribution in [-0.4, -0.2) is 32.3 Å². The van der Waals surface area contributed by atoms with Crippen molar-refractivity contribution in [1.29, 1.82) is 0 Å². The molecular formula is C24H22N4O5. The van der Waals surface area contributed by atoms with Crippen LogP contribution in [0.15, 0.2) is 70.3 Å². The van der Waals surface area contributed by atoms with Crippen molar-refractivity contribution in [2.24, 2.45) is 7.05 Å². The summed E-state index contributed by atoms with van der Waals surface area (Å²) >= 11 is 0. The highest BCUT2D eigenvalue weighted by atomic mass is 16.5. The molecule has 4 aromatic rings. The van der Waals surface area contributed by atoms with Crippen LogP contribution in [0.1, 0.15) is 23.0 Å². The summed E-state index contributed by atoms with van der Waals surface area (Å²) in [4.78, 5) is 53.0. The van der Waals surface area contributed by atoms with Crippen LogP contribution in [0.25, 0.3) is 16.6 Å². The second-order valence-electron chi connectivity index (χ2n) is 7.57. The topological polar surface area (TPSA) is 115 Å². The Bertz CT molecular complexity index is 1480. The molecule has 2 N–H and O–H groups in total. The van der Waals surface area contributed by atoms with E-state index in [2.05, 4.69) is 10.3 Å². The number of nitrogens with zero attached hydrogens (tertiary/aromatic N) is 2. The predicted molar refractivity (Wildman–Crippen MR) is 124 cm³/mol. The molecule has 9 heteroatoms. The number of aromatic amines is 1. The summed E-state index contributed by atoms with van der Waals surface area (Å²) in [6.45, 7) is 3.10. The van der Waals surface area contributed by atoms with Gasteiger partial charge in [0.15, 0.2) is 6.10 Å². The number of hydrogen-bond acceptors (Lipinski definition) is 5. The van der Waals surface area contributed by atoms with E-state index in [1.807, 2.05) is 18.2 Å². The zero-order chi connectivity index (χ0) is 23.7. The SMILES string of the molecule is Cc1c(NC(=O)C(C)OC(=O)c2cc(=O)[nH]c3ccccc23)c(=O)n(-c2ccccc2)n1C. The number of hydrogen-bond donors (Lipinski definition) is 2. The lowest BCUT2D eigenvalue weighted by Crippen LogP contribution is -2.32. The van der Waals surface area contributed by atoms with E-state index in [9.17, 15) is 19.2 Å². The van der Waals surface area contributed by atoms with Crippen LogP contribution in [-0.2, 0) is 16.6 Å². The van der Waals surface area contributed by atoms with Crippen LogP contribution in [0.3, 0.4) is 0 Å². The van der Waals surface area contributed by atoms with E-state index in [4.69, 9.17) is 4.74 Å². The molecule has 0 aliphatic heterocycles. The summed E-state index contributed by atoms with van der Waals surface area (Å²) < 4.78 is 8.38. The Hall–Kier alpha value is -4.40. The average molecular weight is 446 g/mol. The molecule has 0 radical (unpaired) electrons. The van der Waals surface area contributed by atoms with Gasteiger partial charge >= 0.3 is 5.97 Å². The van der Waals surface area contributed by atoms with E-state index in [1.165, 1.54) is 11.6 Å². The van der Waals surface area contributed by atoms with Gasteiger partial charge in [-0.25, -0.2) is 9.48 Å². The zero-order valence-corrected chi connectivity index (χ0v) is 18.3. The van der Waals surface area contributed by atoms with Gasteiger partial charge < -0.3 is 15.0 Å². The number of amides is 1. The molecule has 0 saturated carbocycles. The fourth-order valence-corrected chi connectivity index (χ4v) is 3.59. The average Bonchev–Trinajstić information content (AvgIpc) is 3.01. The number of ether oxygens (including phenoxy) is 1. The Morgan fingerprint density at radius 1 is 1.03 bits per heavy atom. The summed E-state index contributed by atoms with van der Waals surface area (Å²) in [6.07, 6.45) is -1.21. The van der Waals surface area contributed by atoms with Crippen LogP contribution in [0, 0.1) is 6.92 Å². The number of esters is 1. The third kappa shape index (κ3) is 4.08. The summed E-state index contributed by atoms with van der Waals surface area (Å²) in [5.74, 6) is -1.48. The molecule has 0 bridgehead atoms. The van der Waals surface area contributed by atoms with Crippen LogP contribution in [0.4, 0.5) is 5.69 Å². The van der Waals surface area contributed by atoms with Gasteiger partial charge in [0.2, 0.25) is 5.56 Å². The first kappa shape index (κ1) is 21.8. The first-order chi connectivity index (χ1) is 15.8. The van der Waals surface area contributed by atoms with Crippen molar-refractivity contribution >= 4 is 28.5 Å². The van der Waals surface area contributed by atoms with Crippen molar-refractivity contribution in [3.8, 4) is 5.69 Å². The summed E-state index contributed by atoms with van der Waals surface area (Å²) in [6, 6.07) is 16.9. The fourth-order valence-electron chi connectivity index (χ4n) is 3.59. The number of nitrogens with one attached hydrogen (secondary N) is 2. The number of rotatable bonds is 5. The van der Waals surface area contributed by atoms with Gasteiger partial charge in [0.25, 0.3) is 11.5 Å². The van der Waals surface area contributed by atoms with E-state index in [0.29, 0.717) is 22.3 Å². The molecule has 0 saturated heterocycles. The van der Waals surface area contributed by atoms with Crippen molar-refractivity contribution < 1.29 is 14.3 Å². The molecule has 1 amide bonds. The van der Waals surface area contributed by atoms with Crippen LogP contribution in [0.2, 0.25) is 0 Å². The molecule has 0 aliphatic carbocycles.